The molecule has 0 aromatic heterocycles. The Kier molecular flexibility index (Phi) is 4.39. The van der Waals surface area contributed by atoms with Gasteiger partial charge in [0.05, 0.1) is 0 Å². The van der Waals surface area contributed by atoms with Gasteiger partial charge in [0.25, 0.3) is 0 Å². The van der Waals surface area contributed by atoms with Gasteiger partial charge in [0.1, 0.15) is 5.60 Å². The second-order valence-electron chi connectivity index (χ2n) is 7.06. The maximum atomic E-state index is 12.0. The van der Waals surface area contributed by atoms with Gasteiger partial charge in [0, 0.05) is 6.04 Å². The average molecular weight is 268 g/mol. The van der Waals surface area contributed by atoms with Gasteiger partial charge in [-0.05, 0) is 65.0 Å². The number of carbonyl (C=O) groups is 1. The molecule has 1 amide bonds. The van der Waals surface area contributed by atoms with Crippen LogP contribution in [0.4, 0.5) is 4.79 Å². The summed E-state index contributed by atoms with van der Waals surface area (Å²) in [5.74, 6) is 0. The minimum Gasteiger partial charge on any atom is -0.444 e. The van der Waals surface area contributed by atoms with E-state index >= 15 is 0 Å². The summed E-state index contributed by atoms with van der Waals surface area (Å²) in [5, 5.41) is 6.57. The minimum atomic E-state index is -0.417. The first-order valence-electron chi connectivity index (χ1n) is 7.62. The molecule has 2 rings (SSSR count). The molecule has 1 spiro atoms. The smallest absolute Gasteiger partial charge is 0.407 e. The van der Waals surface area contributed by atoms with Crippen molar-refractivity contribution in [1.29, 1.82) is 0 Å². The van der Waals surface area contributed by atoms with Gasteiger partial charge in [-0.25, -0.2) is 4.79 Å². The number of hydrogen-bond donors (Lipinski definition) is 2. The van der Waals surface area contributed by atoms with Crippen LogP contribution in [0.1, 0.15) is 59.3 Å². The second-order valence-corrected chi connectivity index (χ2v) is 7.06. The highest BCUT2D eigenvalue weighted by atomic mass is 16.6. The third-order valence-electron chi connectivity index (χ3n) is 4.45. The van der Waals surface area contributed by atoms with E-state index in [9.17, 15) is 4.79 Å². The third-order valence-corrected chi connectivity index (χ3v) is 4.45. The fraction of sp³-hybridized carbons (Fsp3) is 0.933. The van der Waals surface area contributed by atoms with E-state index in [0.717, 1.165) is 19.5 Å². The quantitative estimate of drug-likeness (QED) is 0.769. The molecule has 2 aliphatic rings. The number of amides is 1. The molecule has 0 radical (unpaired) electrons. The topological polar surface area (TPSA) is 50.4 Å². The molecule has 4 heteroatoms. The van der Waals surface area contributed by atoms with Crippen LogP contribution in [0.15, 0.2) is 0 Å². The summed E-state index contributed by atoms with van der Waals surface area (Å²) >= 11 is 0. The second kappa shape index (κ2) is 5.70. The van der Waals surface area contributed by atoms with Crippen LogP contribution in [-0.2, 0) is 4.74 Å². The van der Waals surface area contributed by atoms with E-state index in [0.29, 0.717) is 5.41 Å². The van der Waals surface area contributed by atoms with Gasteiger partial charge in [-0.1, -0.05) is 12.8 Å². The van der Waals surface area contributed by atoms with E-state index in [1.54, 1.807) is 0 Å². The summed E-state index contributed by atoms with van der Waals surface area (Å²) < 4.78 is 5.41. The van der Waals surface area contributed by atoms with Crippen LogP contribution in [0.3, 0.4) is 0 Å². The normalized spacial score (nSPS) is 27.0. The van der Waals surface area contributed by atoms with Gasteiger partial charge in [-0.2, -0.15) is 0 Å². The standard InChI is InChI=1S/C15H28N2O2/c1-14(2,3)19-13(18)17-12-6-4-5-7-15(12)8-10-16-11-9-15/h12,16H,4-11H2,1-3H3,(H,17,18). The van der Waals surface area contributed by atoms with E-state index in [-0.39, 0.29) is 12.1 Å². The van der Waals surface area contributed by atoms with Crippen LogP contribution in [0, 0.1) is 5.41 Å². The zero-order chi connectivity index (χ0) is 13.9. The Hall–Kier alpha value is -0.770. The van der Waals surface area contributed by atoms with Crippen LogP contribution in [-0.4, -0.2) is 30.8 Å². The van der Waals surface area contributed by atoms with Crippen LogP contribution >= 0.6 is 0 Å². The molecular formula is C15H28N2O2. The maximum absolute atomic E-state index is 12.0. The Morgan fingerprint density at radius 3 is 2.53 bits per heavy atom. The van der Waals surface area contributed by atoms with Crippen molar-refractivity contribution >= 4 is 6.09 Å². The summed E-state index contributed by atoms with van der Waals surface area (Å²) in [6.07, 6.45) is 6.95. The number of carbonyl (C=O) groups excluding carboxylic acids is 1. The fourth-order valence-electron chi connectivity index (χ4n) is 3.50. The van der Waals surface area contributed by atoms with Crippen LogP contribution < -0.4 is 10.6 Å². The highest BCUT2D eigenvalue weighted by molar-refractivity contribution is 5.68. The lowest BCUT2D eigenvalue weighted by Crippen LogP contribution is -2.54. The summed E-state index contributed by atoms with van der Waals surface area (Å²) in [7, 11) is 0. The number of nitrogens with one attached hydrogen (secondary N) is 2. The summed E-state index contributed by atoms with van der Waals surface area (Å²) in [4.78, 5) is 12.0. The SMILES string of the molecule is CC(C)(C)OC(=O)NC1CCCCC12CCNCC2. The van der Waals surface area contributed by atoms with Crippen molar-refractivity contribution in [3.63, 3.8) is 0 Å². The molecular weight excluding hydrogens is 240 g/mol. The van der Waals surface area contributed by atoms with E-state index in [4.69, 9.17) is 4.74 Å². The van der Waals surface area contributed by atoms with Crippen LogP contribution in [0.5, 0.6) is 0 Å². The predicted molar refractivity (Wildman–Crippen MR) is 76.2 cm³/mol. The molecule has 1 aliphatic heterocycles. The summed E-state index contributed by atoms with van der Waals surface area (Å²) in [5.41, 5.74) is -0.111. The van der Waals surface area contributed by atoms with Crippen LogP contribution in [0.2, 0.25) is 0 Å². The van der Waals surface area contributed by atoms with Crippen molar-refractivity contribution in [3.8, 4) is 0 Å². The van der Waals surface area contributed by atoms with Gasteiger partial charge < -0.3 is 15.4 Å². The molecule has 19 heavy (non-hydrogen) atoms. The van der Waals surface area contributed by atoms with Crippen molar-refractivity contribution in [2.75, 3.05) is 13.1 Å². The molecule has 0 bridgehead atoms. The van der Waals surface area contributed by atoms with Gasteiger partial charge >= 0.3 is 6.09 Å². The van der Waals surface area contributed by atoms with Crippen molar-refractivity contribution < 1.29 is 9.53 Å². The van der Waals surface area contributed by atoms with Crippen molar-refractivity contribution in [2.24, 2.45) is 5.41 Å². The minimum absolute atomic E-state index is 0.252. The molecule has 1 saturated carbocycles. The van der Waals surface area contributed by atoms with Gasteiger partial charge in [0.15, 0.2) is 0 Å². The Bertz CT molecular complexity index is 308. The monoisotopic (exact) mass is 268 g/mol. The van der Waals surface area contributed by atoms with Crippen molar-refractivity contribution in [3.05, 3.63) is 0 Å². The predicted octanol–water partition coefficient (Wildman–Crippen LogP) is 2.82. The molecule has 1 atom stereocenters. The number of rotatable bonds is 1. The van der Waals surface area contributed by atoms with E-state index in [1.165, 1.54) is 32.1 Å². The lowest BCUT2D eigenvalue weighted by molar-refractivity contribution is 0.0317. The van der Waals surface area contributed by atoms with E-state index < -0.39 is 5.60 Å². The number of ether oxygens (including phenoxy) is 1. The van der Waals surface area contributed by atoms with Gasteiger partial charge in [-0.15, -0.1) is 0 Å². The number of piperidine rings is 1. The van der Waals surface area contributed by atoms with Gasteiger partial charge in [0.2, 0.25) is 0 Å². The molecule has 1 heterocycles. The highest BCUT2D eigenvalue weighted by Gasteiger charge is 2.42. The zero-order valence-corrected chi connectivity index (χ0v) is 12.6. The van der Waals surface area contributed by atoms with Crippen molar-refractivity contribution in [2.45, 2.75) is 70.9 Å². The molecule has 2 fully saturated rings. The van der Waals surface area contributed by atoms with Gasteiger partial charge in [-0.3, -0.25) is 0 Å². The molecule has 2 N–H and O–H groups in total. The Balaban J connectivity index is 1.98. The number of hydrogen-bond acceptors (Lipinski definition) is 3. The van der Waals surface area contributed by atoms with E-state index in [1.807, 2.05) is 20.8 Å². The molecule has 110 valence electrons. The highest BCUT2D eigenvalue weighted by Crippen LogP contribution is 2.43. The largest absolute Gasteiger partial charge is 0.444 e. The zero-order valence-electron chi connectivity index (χ0n) is 12.6. The first kappa shape index (κ1) is 14.6. The number of alkyl carbamates (subject to hydrolysis) is 1. The van der Waals surface area contributed by atoms with Crippen LogP contribution in [0.25, 0.3) is 0 Å². The first-order valence-corrected chi connectivity index (χ1v) is 7.62. The Labute approximate surface area is 116 Å². The molecule has 1 aliphatic carbocycles. The average Bonchev–Trinajstić information content (AvgIpc) is 2.31. The first-order chi connectivity index (χ1) is 8.91. The van der Waals surface area contributed by atoms with E-state index in [2.05, 4.69) is 10.6 Å². The molecule has 4 nitrogen and oxygen atoms in total. The van der Waals surface area contributed by atoms with Crippen molar-refractivity contribution in [1.82, 2.24) is 10.6 Å². The fourth-order valence-corrected chi connectivity index (χ4v) is 3.50. The Morgan fingerprint density at radius 2 is 1.89 bits per heavy atom. The lowest BCUT2D eigenvalue weighted by atomic mass is 9.65. The molecule has 1 unspecified atom stereocenters. The lowest BCUT2D eigenvalue weighted by Gasteiger charge is -2.47. The summed E-state index contributed by atoms with van der Waals surface area (Å²) in [6, 6.07) is 0.290. The molecule has 0 aromatic rings. The maximum Gasteiger partial charge on any atom is 0.407 e. The molecule has 0 aromatic carbocycles. The molecule has 1 saturated heterocycles. The third kappa shape index (κ3) is 3.85. The summed E-state index contributed by atoms with van der Waals surface area (Å²) in [6.45, 7) is 7.88. The Morgan fingerprint density at radius 1 is 1.21 bits per heavy atom.